The van der Waals surface area contributed by atoms with E-state index in [0.717, 1.165) is 0 Å². The molecule has 0 amide bonds. The number of pyridine rings is 1. The molecule has 0 spiro atoms. The van der Waals surface area contributed by atoms with Gasteiger partial charge in [-0.3, -0.25) is 0 Å². The summed E-state index contributed by atoms with van der Waals surface area (Å²) in [6, 6.07) is 10.2. The van der Waals surface area contributed by atoms with E-state index in [1.54, 1.807) is 13.3 Å². The second-order valence-electron chi connectivity index (χ2n) is 5.22. The van der Waals surface area contributed by atoms with Crippen LogP contribution in [0.15, 0.2) is 36.5 Å². The van der Waals surface area contributed by atoms with Crippen LogP contribution in [-0.2, 0) is 0 Å². The zero-order chi connectivity index (χ0) is 16.1. The van der Waals surface area contributed by atoms with Gasteiger partial charge in [-0.1, -0.05) is 18.2 Å². The van der Waals surface area contributed by atoms with E-state index in [9.17, 15) is 0 Å². The topological polar surface area (TPSA) is 46.2 Å². The minimum absolute atomic E-state index is 0.106. The summed E-state index contributed by atoms with van der Waals surface area (Å²) in [6.07, 6.45) is 1.69. The zero-order valence-corrected chi connectivity index (χ0v) is 14.1. The van der Waals surface area contributed by atoms with Gasteiger partial charge in [0.15, 0.2) is 16.7 Å². The molecule has 2 rings (SSSR count). The first-order valence-corrected chi connectivity index (χ1v) is 7.55. The third kappa shape index (κ3) is 3.95. The Morgan fingerprint density at radius 2 is 2.00 bits per heavy atom. The van der Waals surface area contributed by atoms with E-state index in [4.69, 9.17) is 17.0 Å². The van der Waals surface area contributed by atoms with Crippen molar-refractivity contribution < 1.29 is 4.74 Å². The maximum Gasteiger partial charge on any atom is 0.174 e. The van der Waals surface area contributed by atoms with Crippen LogP contribution in [-0.4, -0.2) is 17.2 Å². The Hall–Kier alpha value is -2.14. The number of anilines is 1. The number of rotatable bonds is 4. The van der Waals surface area contributed by atoms with Crippen molar-refractivity contribution >= 4 is 23.1 Å². The number of aromatic nitrogens is 1. The maximum absolute atomic E-state index is 5.36. The Kier molecular flexibility index (Phi) is 5.33. The fourth-order valence-electron chi connectivity index (χ4n) is 2.11. The summed E-state index contributed by atoms with van der Waals surface area (Å²) in [5.74, 6) is 1.26. The standard InChI is InChI=1S/C17H21N3OS/c1-11-7-8-14(10-12(11)2)13(3)19-17(22)20-16-15(21-4)6-5-9-18-16/h5-10,13H,1-4H3,(H2,18,19,20,22)/t13-/m1/s1. The molecule has 0 aliphatic carbocycles. The van der Waals surface area contributed by atoms with Gasteiger partial charge in [-0.25, -0.2) is 4.98 Å². The molecule has 2 aromatic rings. The molecule has 1 aromatic carbocycles. The minimum atomic E-state index is 0.106. The monoisotopic (exact) mass is 315 g/mol. The highest BCUT2D eigenvalue weighted by Crippen LogP contribution is 2.21. The van der Waals surface area contributed by atoms with Crippen LogP contribution in [0.25, 0.3) is 0 Å². The number of hydrogen-bond acceptors (Lipinski definition) is 3. The van der Waals surface area contributed by atoms with Crippen LogP contribution in [0.1, 0.15) is 29.7 Å². The average Bonchev–Trinajstić information content (AvgIpc) is 2.50. The molecule has 1 atom stereocenters. The first-order chi connectivity index (χ1) is 10.5. The van der Waals surface area contributed by atoms with E-state index in [-0.39, 0.29) is 6.04 Å². The van der Waals surface area contributed by atoms with Gasteiger partial charge in [0.05, 0.1) is 13.2 Å². The molecular formula is C17H21N3OS. The fraction of sp³-hybridized carbons (Fsp3) is 0.294. The molecule has 4 nitrogen and oxygen atoms in total. The predicted octanol–water partition coefficient (Wildman–Crippen LogP) is 3.75. The molecule has 0 saturated heterocycles. The van der Waals surface area contributed by atoms with Crippen LogP contribution in [0.5, 0.6) is 5.75 Å². The van der Waals surface area contributed by atoms with Gasteiger partial charge < -0.3 is 15.4 Å². The van der Waals surface area contributed by atoms with Crippen molar-refractivity contribution in [2.24, 2.45) is 0 Å². The van der Waals surface area contributed by atoms with E-state index in [2.05, 4.69) is 54.6 Å². The number of nitrogens with zero attached hydrogens (tertiary/aromatic N) is 1. The molecule has 0 radical (unpaired) electrons. The lowest BCUT2D eigenvalue weighted by atomic mass is 10.0. The zero-order valence-electron chi connectivity index (χ0n) is 13.3. The van der Waals surface area contributed by atoms with Crippen molar-refractivity contribution in [3.8, 4) is 5.75 Å². The van der Waals surface area contributed by atoms with Gasteiger partial charge in [0.25, 0.3) is 0 Å². The van der Waals surface area contributed by atoms with E-state index in [1.165, 1.54) is 16.7 Å². The van der Waals surface area contributed by atoms with Gasteiger partial charge in [-0.2, -0.15) is 0 Å². The molecule has 5 heteroatoms. The summed E-state index contributed by atoms with van der Waals surface area (Å²) in [5.41, 5.74) is 3.76. The van der Waals surface area contributed by atoms with Gasteiger partial charge in [-0.05, 0) is 61.8 Å². The molecule has 0 fully saturated rings. The molecule has 22 heavy (non-hydrogen) atoms. The lowest BCUT2D eigenvalue weighted by Gasteiger charge is -2.18. The molecule has 0 aliphatic heterocycles. The second-order valence-corrected chi connectivity index (χ2v) is 5.63. The second kappa shape index (κ2) is 7.22. The van der Waals surface area contributed by atoms with Crippen LogP contribution in [0.4, 0.5) is 5.82 Å². The van der Waals surface area contributed by atoms with Gasteiger partial charge in [0, 0.05) is 6.20 Å². The molecule has 0 saturated carbocycles. The number of benzene rings is 1. The van der Waals surface area contributed by atoms with Crippen molar-refractivity contribution in [2.75, 3.05) is 12.4 Å². The third-order valence-corrected chi connectivity index (χ3v) is 3.82. The highest BCUT2D eigenvalue weighted by atomic mass is 32.1. The van der Waals surface area contributed by atoms with Crippen molar-refractivity contribution in [3.05, 3.63) is 53.2 Å². The maximum atomic E-state index is 5.36. The summed E-state index contributed by atoms with van der Waals surface area (Å²) in [5, 5.41) is 6.86. The van der Waals surface area contributed by atoms with Gasteiger partial charge in [-0.15, -0.1) is 0 Å². The van der Waals surface area contributed by atoms with Crippen molar-refractivity contribution in [1.29, 1.82) is 0 Å². The number of hydrogen-bond donors (Lipinski definition) is 2. The van der Waals surface area contributed by atoms with Crippen LogP contribution in [0.2, 0.25) is 0 Å². The summed E-state index contributed by atoms with van der Waals surface area (Å²) in [4.78, 5) is 4.23. The third-order valence-electron chi connectivity index (χ3n) is 3.60. The largest absolute Gasteiger partial charge is 0.493 e. The molecule has 2 N–H and O–H groups in total. The summed E-state index contributed by atoms with van der Waals surface area (Å²) >= 11 is 5.36. The molecule has 0 bridgehead atoms. The summed E-state index contributed by atoms with van der Waals surface area (Å²) in [6.45, 7) is 6.30. The Morgan fingerprint density at radius 1 is 1.23 bits per heavy atom. The Labute approximate surface area is 136 Å². The van der Waals surface area contributed by atoms with Gasteiger partial charge in [0.2, 0.25) is 0 Å². The van der Waals surface area contributed by atoms with Gasteiger partial charge >= 0.3 is 0 Å². The molecular weight excluding hydrogens is 294 g/mol. The van der Waals surface area contributed by atoms with Gasteiger partial charge in [0.1, 0.15) is 0 Å². The Bertz CT molecular complexity index is 673. The number of methoxy groups -OCH3 is 1. The first-order valence-electron chi connectivity index (χ1n) is 7.15. The Balaban J connectivity index is 2.03. The van der Waals surface area contributed by atoms with Crippen molar-refractivity contribution in [2.45, 2.75) is 26.8 Å². The number of thiocarbonyl (C=S) groups is 1. The van der Waals surface area contributed by atoms with E-state index < -0.39 is 0 Å². The lowest BCUT2D eigenvalue weighted by Crippen LogP contribution is -2.31. The number of aryl methyl sites for hydroxylation is 2. The summed E-state index contributed by atoms with van der Waals surface area (Å²) in [7, 11) is 1.61. The lowest BCUT2D eigenvalue weighted by molar-refractivity contribution is 0.415. The SMILES string of the molecule is COc1cccnc1NC(=S)N[C@H](C)c1ccc(C)c(C)c1. The smallest absolute Gasteiger partial charge is 0.174 e. The molecule has 0 unspecified atom stereocenters. The Morgan fingerprint density at radius 3 is 2.68 bits per heavy atom. The fourth-order valence-corrected chi connectivity index (χ4v) is 2.38. The molecule has 116 valence electrons. The van der Waals surface area contributed by atoms with Crippen molar-refractivity contribution in [3.63, 3.8) is 0 Å². The van der Waals surface area contributed by atoms with E-state index >= 15 is 0 Å². The van der Waals surface area contributed by atoms with Crippen LogP contribution >= 0.6 is 12.2 Å². The minimum Gasteiger partial charge on any atom is -0.493 e. The first kappa shape index (κ1) is 16.2. The summed E-state index contributed by atoms with van der Waals surface area (Å²) < 4.78 is 5.25. The molecule has 1 aromatic heterocycles. The van der Waals surface area contributed by atoms with Crippen LogP contribution in [0.3, 0.4) is 0 Å². The van der Waals surface area contributed by atoms with Crippen LogP contribution in [0, 0.1) is 13.8 Å². The van der Waals surface area contributed by atoms with Crippen molar-refractivity contribution in [1.82, 2.24) is 10.3 Å². The average molecular weight is 315 g/mol. The highest BCUT2D eigenvalue weighted by Gasteiger charge is 2.10. The highest BCUT2D eigenvalue weighted by molar-refractivity contribution is 7.80. The normalized spacial score (nSPS) is 11.6. The molecule has 0 aliphatic rings. The van der Waals surface area contributed by atoms with Crippen LogP contribution < -0.4 is 15.4 Å². The number of ether oxygens (including phenoxy) is 1. The van der Waals surface area contributed by atoms with E-state index in [1.807, 2.05) is 12.1 Å². The quantitative estimate of drug-likeness (QED) is 0.841. The number of nitrogens with one attached hydrogen (secondary N) is 2. The van der Waals surface area contributed by atoms with E-state index in [0.29, 0.717) is 16.7 Å². The molecule has 1 heterocycles. The predicted molar refractivity (Wildman–Crippen MR) is 94.5 cm³/mol.